The standard InChI is InChI=1S/C17H25N3O2/c1-3-15-9-4-5-10-20(15)16(21)12-18-17(22)19-14-8-6-7-13(2)11-14/h6-8,11,15H,3-5,9-10,12H2,1-2H3,(H2,18,19,22). The molecule has 1 fully saturated rings. The molecule has 120 valence electrons. The van der Waals surface area contributed by atoms with E-state index in [0.717, 1.165) is 37.1 Å². The van der Waals surface area contributed by atoms with E-state index in [1.165, 1.54) is 6.42 Å². The molecule has 0 aliphatic carbocycles. The minimum atomic E-state index is -0.344. The predicted molar refractivity (Wildman–Crippen MR) is 87.8 cm³/mol. The van der Waals surface area contributed by atoms with Crippen molar-refractivity contribution in [2.75, 3.05) is 18.4 Å². The van der Waals surface area contributed by atoms with E-state index in [2.05, 4.69) is 17.6 Å². The SMILES string of the molecule is CCC1CCCCN1C(=O)CNC(=O)Nc1cccc(C)c1. The molecule has 22 heavy (non-hydrogen) atoms. The van der Waals surface area contributed by atoms with Crippen LogP contribution in [0, 0.1) is 6.92 Å². The quantitative estimate of drug-likeness (QED) is 0.898. The lowest BCUT2D eigenvalue weighted by Gasteiger charge is -2.35. The van der Waals surface area contributed by atoms with Gasteiger partial charge in [-0.05, 0) is 50.3 Å². The van der Waals surface area contributed by atoms with Crippen LogP contribution >= 0.6 is 0 Å². The number of rotatable bonds is 4. The molecule has 3 amide bonds. The smallest absolute Gasteiger partial charge is 0.319 e. The molecule has 1 aromatic rings. The van der Waals surface area contributed by atoms with Gasteiger partial charge in [0.15, 0.2) is 0 Å². The van der Waals surface area contributed by atoms with Crippen LogP contribution in [0.1, 0.15) is 38.2 Å². The Kier molecular flexibility index (Phi) is 5.81. The first-order chi connectivity index (χ1) is 10.6. The number of hydrogen-bond acceptors (Lipinski definition) is 2. The van der Waals surface area contributed by atoms with E-state index in [0.29, 0.717) is 6.04 Å². The van der Waals surface area contributed by atoms with Gasteiger partial charge in [-0.2, -0.15) is 0 Å². The zero-order valence-electron chi connectivity index (χ0n) is 13.4. The van der Waals surface area contributed by atoms with Crippen LogP contribution in [0.25, 0.3) is 0 Å². The van der Waals surface area contributed by atoms with E-state index in [4.69, 9.17) is 0 Å². The molecule has 1 saturated heterocycles. The summed E-state index contributed by atoms with van der Waals surface area (Å²) in [6.07, 6.45) is 4.28. The molecule has 1 heterocycles. The van der Waals surface area contributed by atoms with E-state index in [-0.39, 0.29) is 18.5 Å². The fourth-order valence-electron chi connectivity index (χ4n) is 2.91. The van der Waals surface area contributed by atoms with Gasteiger partial charge in [0, 0.05) is 18.3 Å². The Hall–Kier alpha value is -2.04. The van der Waals surface area contributed by atoms with Crippen molar-refractivity contribution in [2.24, 2.45) is 0 Å². The maximum absolute atomic E-state index is 12.3. The van der Waals surface area contributed by atoms with Crippen molar-refractivity contribution in [2.45, 2.75) is 45.6 Å². The van der Waals surface area contributed by atoms with Crippen LogP contribution in [0.3, 0.4) is 0 Å². The molecule has 5 heteroatoms. The van der Waals surface area contributed by atoms with E-state index in [1.807, 2.05) is 36.1 Å². The number of anilines is 1. The van der Waals surface area contributed by atoms with Gasteiger partial charge in [-0.25, -0.2) is 4.79 Å². The number of urea groups is 1. The molecule has 0 bridgehead atoms. The summed E-state index contributed by atoms with van der Waals surface area (Å²) in [5, 5.41) is 5.40. The van der Waals surface area contributed by atoms with E-state index >= 15 is 0 Å². The molecule has 2 N–H and O–H groups in total. The molecular formula is C17H25N3O2. The molecule has 0 aromatic heterocycles. The molecule has 0 spiro atoms. The first kappa shape index (κ1) is 16.3. The number of benzene rings is 1. The number of likely N-dealkylation sites (tertiary alicyclic amines) is 1. The lowest BCUT2D eigenvalue weighted by Crippen LogP contribution is -2.48. The molecule has 1 aliphatic rings. The number of carbonyl (C=O) groups excluding carboxylic acids is 2. The summed E-state index contributed by atoms with van der Waals surface area (Å²) < 4.78 is 0. The monoisotopic (exact) mass is 303 g/mol. The summed E-state index contributed by atoms with van der Waals surface area (Å²) in [4.78, 5) is 26.0. The molecule has 0 saturated carbocycles. The Balaban J connectivity index is 1.81. The number of amides is 3. The summed E-state index contributed by atoms with van der Waals surface area (Å²) in [6.45, 7) is 4.93. The Morgan fingerprint density at radius 1 is 1.32 bits per heavy atom. The van der Waals surface area contributed by atoms with Crippen molar-refractivity contribution in [3.05, 3.63) is 29.8 Å². The highest BCUT2D eigenvalue weighted by Crippen LogP contribution is 2.19. The summed E-state index contributed by atoms with van der Waals surface area (Å²) in [5.74, 6) is 0.00550. The molecule has 2 rings (SSSR count). The normalized spacial score (nSPS) is 17.9. The van der Waals surface area contributed by atoms with Crippen LogP contribution in [0.2, 0.25) is 0 Å². The topological polar surface area (TPSA) is 61.4 Å². The van der Waals surface area contributed by atoms with Gasteiger partial charge in [0.1, 0.15) is 0 Å². The van der Waals surface area contributed by atoms with Gasteiger partial charge < -0.3 is 15.5 Å². The minimum Gasteiger partial charge on any atom is -0.338 e. The lowest BCUT2D eigenvalue weighted by atomic mass is 10.00. The minimum absolute atomic E-state index is 0.00550. The maximum atomic E-state index is 12.3. The van der Waals surface area contributed by atoms with Gasteiger partial charge >= 0.3 is 6.03 Å². The second-order valence-corrected chi connectivity index (χ2v) is 5.82. The third kappa shape index (κ3) is 4.48. The molecule has 1 aliphatic heterocycles. The van der Waals surface area contributed by atoms with Crippen molar-refractivity contribution in [1.82, 2.24) is 10.2 Å². The first-order valence-electron chi connectivity index (χ1n) is 8.01. The highest BCUT2D eigenvalue weighted by Gasteiger charge is 2.25. The molecule has 1 aromatic carbocycles. The zero-order chi connectivity index (χ0) is 15.9. The van der Waals surface area contributed by atoms with Crippen LogP contribution in [-0.4, -0.2) is 36.0 Å². The molecule has 1 unspecified atom stereocenters. The van der Waals surface area contributed by atoms with Crippen molar-refractivity contribution < 1.29 is 9.59 Å². The third-order valence-corrected chi connectivity index (χ3v) is 4.09. The molecule has 0 radical (unpaired) electrons. The first-order valence-corrected chi connectivity index (χ1v) is 8.01. The van der Waals surface area contributed by atoms with E-state index < -0.39 is 0 Å². The van der Waals surface area contributed by atoms with Crippen LogP contribution in [0.15, 0.2) is 24.3 Å². The van der Waals surface area contributed by atoms with Crippen LogP contribution in [-0.2, 0) is 4.79 Å². The number of nitrogens with one attached hydrogen (secondary N) is 2. The Bertz CT molecular complexity index is 530. The number of aryl methyl sites for hydroxylation is 1. The highest BCUT2D eigenvalue weighted by atomic mass is 16.2. The average Bonchev–Trinajstić information content (AvgIpc) is 2.52. The number of carbonyl (C=O) groups is 2. The predicted octanol–water partition coefficient (Wildman–Crippen LogP) is 2.91. The summed E-state index contributed by atoms with van der Waals surface area (Å²) in [5.41, 5.74) is 1.81. The Morgan fingerprint density at radius 2 is 2.14 bits per heavy atom. The summed E-state index contributed by atoms with van der Waals surface area (Å²) in [7, 11) is 0. The second kappa shape index (κ2) is 7.82. The van der Waals surface area contributed by atoms with Crippen molar-refractivity contribution in [3.63, 3.8) is 0 Å². The number of hydrogen-bond donors (Lipinski definition) is 2. The van der Waals surface area contributed by atoms with Gasteiger partial charge in [-0.1, -0.05) is 19.1 Å². The van der Waals surface area contributed by atoms with Gasteiger partial charge in [0.05, 0.1) is 6.54 Å². The van der Waals surface area contributed by atoms with Gasteiger partial charge in [0.25, 0.3) is 0 Å². The van der Waals surface area contributed by atoms with Crippen LogP contribution in [0.4, 0.5) is 10.5 Å². The summed E-state index contributed by atoms with van der Waals surface area (Å²) in [6, 6.07) is 7.54. The molecular weight excluding hydrogens is 278 g/mol. The van der Waals surface area contributed by atoms with Crippen molar-refractivity contribution >= 4 is 17.6 Å². The van der Waals surface area contributed by atoms with Gasteiger partial charge in [-0.15, -0.1) is 0 Å². The van der Waals surface area contributed by atoms with Gasteiger partial charge in [-0.3, -0.25) is 4.79 Å². The Morgan fingerprint density at radius 3 is 2.86 bits per heavy atom. The number of nitrogens with zero attached hydrogens (tertiary/aromatic N) is 1. The summed E-state index contributed by atoms with van der Waals surface area (Å²) >= 11 is 0. The maximum Gasteiger partial charge on any atom is 0.319 e. The fourth-order valence-corrected chi connectivity index (χ4v) is 2.91. The zero-order valence-corrected chi connectivity index (χ0v) is 13.4. The van der Waals surface area contributed by atoms with Crippen LogP contribution in [0.5, 0.6) is 0 Å². The third-order valence-electron chi connectivity index (χ3n) is 4.09. The van der Waals surface area contributed by atoms with E-state index in [1.54, 1.807) is 0 Å². The number of piperidine rings is 1. The van der Waals surface area contributed by atoms with Crippen LogP contribution < -0.4 is 10.6 Å². The largest absolute Gasteiger partial charge is 0.338 e. The van der Waals surface area contributed by atoms with Gasteiger partial charge in [0.2, 0.25) is 5.91 Å². The van der Waals surface area contributed by atoms with Crippen molar-refractivity contribution in [3.8, 4) is 0 Å². The second-order valence-electron chi connectivity index (χ2n) is 5.82. The molecule has 1 atom stereocenters. The molecule has 5 nitrogen and oxygen atoms in total. The fraction of sp³-hybridized carbons (Fsp3) is 0.529. The highest BCUT2D eigenvalue weighted by molar-refractivity contribution is 5.92. The lowest BCUT2D eigenvalue weighted by molar-refractivity contribution is -0.133. The Labute approximate surface area is 132 Å². The average molecular weight is 303 g/mol. The van der Waals surface area contributed by atoms with Crippen molar-refractivity contribution in [1.29, 1.82) is 0 Å². The van der Waals surface area contributed by atoms with E-state index in [9.17, 15) is 9.59 Å².